The van der Waals surface area contributed by atoms with E-state index < -0.39 is 0 Å². The van der Waals surface area contributed by atoms with Gasteiger partial charge in [-0.05, 0) is 38.7 Å². The molecule has 1 unspecified atom stereocenters. The lowest BCUT2D eigenvalue weighted by Crippen LogP contribution is -2.39. The third-order valence-electron chi connectivity index (χ3n) is 4.30. The van der Waals surface area contributed by atoms with Crippen LogP contribution in [0.3, 0.4) is 0 Å². The Balaban J connectivity index is 1.98. The minimum atomic E-state index is -0.227. The Labute approximate surface area is 160 Å². The summed E-state index contributed by atoms with van der Waals surface area (Å²) in [6.45, 7) is 6.95. The molecular weight excluding hydrogens is 345 g/mol. The number of halogens is 1. The highest BCUT2D eigenvalue weighted by atomic mass is 19.1. The quantitative estimate of drug-likeness (QED) is 0.517. The van der Waals surface area contributed by atoms with Gasteiger partial charge >= 0.3 is 0 Å². The molecule has 1 atom stereocenters. The number of aryl methyl sites for hydroxylation is 1. The Morgan fingerprint density at radius 3 is 2.59 bits per heavy atom. The molecule has 7 nitrogen and oxygen atoms in total. The number of benzene rings is 1. The maximum absolute atomic E-state index is 13.2. The van der Waals surface area contributed by atoms with Gasteiger partial charge < -0.3 is 20.1 Å². The van der Waals surface area contributed by atoms with Crippen molar-refractivity contribution in [3.8, 4) is 0 Å². The Bertz CT molecular complexity index is 709. The molecule has 1 heterocycles. The van der Waals surface area contributed by atoms with Crippen LogP contribution in [0.25, 0.3) is 0 Å². The van der Waals surface area contributed by atoms with Crippen LogP contribution in [0.4, 0.5) is 4.39 Å². The lowest BCUT2D eigenvalue weighted by atomic mass is 10.1. The molecule has 0 radical (unpaired) electrons. The molecule has 0 saturated carbocycles. The van der Waals surface area contributed by atoms with Crippen LogP contribution in [0.15, 0.2) is 35.6 Å². The van der Waals surface area contributed by atoms with Gasteiger partial charge in [0.15, 0.2) is 5.96 Å². The van der Waals surface area contributed by atoms with Crippen LogP contribution < -0.4 is 10.6 Å². The zero-order valence-electron chi connectivity index (χ0n) is 16.6. The van der Waals surface area contributed by atoms with Crippen molar-refractivity contribution in [2.24, 2.45) is 4.99 Å². The fraction of sp³-hybridized carbons (Fsp3) is 0.526. The van der Waals surface area contributed by atoms with Crippen molar-refractivity contribution in [3.63, 3.8) is 0 Å². The lowest BCUT2D eigenvalue weighted by molar-refractivity contribution is 0.306. The molecule has 0 aliphatic rings. The number of guanidine groups is 1. The summed E-state index contributed by atoms with van der Waals surface area (Å²) >= 11 is 0. The number of rotatable bonds is 9. The van der Waals surface area contributed by atoms with Crippen molar-refractivity contribution in [2.75, 3.05) is 33.7 Å². The highest BCUT2D eigenvalue weighted by molar-refractivity contribution is 5.79. The molecule has 0 bridgehead atoms. The van der Waals surface area contributed by atoms with Crippen molar-refractivity contribution in [2.45, 2.75) is 32.9 Å². The molecular formula is C19H30FN7. The van der Waals surface area contributed by atoms with Crippen LogP contribution in [0, 0.1) is 5.82 Å². The molecule has 0 saturated heterocycles. The molecule has 0 spiro atoms. The van der Waals surface area contributed by atoms with Crippen molar-refractivity contribution in [1.82, 2.24) is 30.3 Å². The zero-order valence-corrected chi connectivity index (χ0v) is 16.6. The Morgan fingerprint density at radius 2 is 1.96 bits per heavy atom. The normalized spacial score (nSPS) is 13.0. The van der Waals surface area contributed by atoms with E-state index in [-0.39, 0.29) is 11.9 Å². The van der Waals surface area contributed by atoms with Crippen LogP contribution >= 0.6 is 0 Å². The number of nitrogens with zero attached hydrogens (tertiary/aromatic N) is 5. The first-order valence-corrected chi connectivity index (χ1v) is 9.35. The zero-order chi connectivity index (χ0) is 19.6. The van der Waals surface area contributed by atoms with Crippen LogP contribution in [-0.4, -0.2) is 59.4 Å². The van der Waals surface area contributed by atoms with Gasteiger partial charge in [0.25, 0.3) is 0 Å². The molecule has 1 aromatic carbocycles. The summed E-state index contributed by atoms with van der Waals surface area (Å²) in [7, 11) is 4.00. The number of hydrogen-bond acceptors (Lipinski definition) is 4. The van der Waals surface area contributed by atoms with Gasteiger partial charge in [-0.15, -0.1) is 10.2 Å². The first-order chi connectivity index (χ1) is 13.0. The van der Waals surface area contributed by atoms with Crippen molar-refractivity contribution in [1.29, 1.82) is 0 Å². The predicted molar refractivity (Wildman–Crippen MR) is 106 cm³/mol. The van der Waals surface area contributed by atoms with E-state index in [1.54, 1.807) is 6.33 Å². The average Bonchev–Trinajstić information content (AvgIpc) is 3.10. The summed E-state index contributed by atoms with van der Waals surface area (Å²) in [5, 5.41) is 14.7. The number of hydrogen-bond donors (Lipinski definition) is 2. The summed E-state index contributed by atoms with van der Waals surface area (Å²) in [6, 6.07) is 6.68. The van der Waals surface area contributed by atoms with E-state index in [2.05, 4.69) is 32.7 Å². The number of aromatic nitrogens is 3. The van der Waals surface area contributed by atoms with Gasteiger partial charge in [-0.2, -0.15) is 0 Å². The van der Waals surface area contributed by atoms with E-state index in [0.29, 0.717) is 6.54 Å². The van der Waals surface area contributed by atoms with E-state index in [1.165, 1.54) is 12.1 Å². The topological polar surface area (TPSA) is 70.4 Å². The van der Waals surface area contributed by atoms with Gasteiger partial charge in [0.2, 0.25) is 0 Å². The molecule has 0 amide bonds. The van der Waals surface area contributed by atoms with Crippen molar-refractivity contribution < 1.29 is 4.39 Å². The maximum Gasteiger partial charge on any atom is 0.191 e. The van der Waals surface area contributed by atoms with E-state index in [9.17, 15) is 4.39 Å². The third kappa shape index (κ3) is 6.32. The second-order valence-electron chi connectivity index (χ2n) is 6.47. The second kappa shape index (κ2) is 10.6. The van der Waals surface area contributed by atoms with Crippen LogP contribution in [0.5, 0.6) is 0 Å². The van der Waals surface area contributed by atoms with E-state index in [1.807, 2.05) is 37.7 Å². The fourth-order valence-corrected chi connectivity index (χ4v) is 2.81. The number of likely N-dealkylation sites (N-methyl/N-ethyl adjacent to an activating group) is 1. The fourth-order valence-electron chi connectivity index (χ4n) is 2.81. The predicted octanol–water partition coefficient (Wildman–Crippen LogP) is 1.84. The van der Waals surface area contributed by atoms with Crippen LogP contribution in [0.1, 0.15) is 31.3 Å². The first-order valence-electron chi connectivity index (χ1n) is 9.35. The summed E-state index contributed by atoms with van der Waals surface area (Å²) in [5.41, 5.74) is 1.04. The molecule has 2 N–H and O–H groups in total. The summed E-state index contributed by atoms with van der Waals surface area (Å²) < 4.78 is 15.2. The van der Waals surface area contributed by atoms with Gasteiger partial charge in [-0.3, -0.25) is 4.99 Å². The van der Waals surface area contributed by atoms with E-state index in [4.69, 9.17) is 4.99 Å². The highest BCUT2D eigenvalue weighted by Crippen LogP contribution is 2.18. The van der Waals surface area contributed by atoms with Gasteiger partial charge in [0.05, 0.1) is 12.6 Å². The van der Waals surface area contributed by atoms with Crippen LogP contribution in [0.2, 0.25) is 0 Å². The first kappa shape index (κ1) is 20.8. The van der Waals surface area contributed by atoms with E-state index in [0.717, 1.165) is 43.4 Å². The second-order valence-corrected chi connectivity index (χ2v) is 6.47. The number of nitrogens with one attached hydrogen (secondary N) is 2. The van der Waals surface area contributed by atoms with Crippen LogP contribution in [-0.2, 0) is 13.0 Å². The standard InChI is InChI=1S/C19H30FN7/c1-5-18-25-24-14-27(18)12-11-22-19(21-6-2)23-13-17(26(3)4)15-7-9-16(20)10-8-15/h7-10,14,17H,5-6,11-13H2,1-4H3,(H2,21,22,23). The minimum Gasteiger partial charge on any atom is -0.357 e. The van der Waals surface area contributed by atoms with Gasteiger partial charge in [-0.1, -0.05) is 19.1 Å². The smallest absolute Gasteiger partial charge is 0.191 e. The molecule has 0 fully saturated rings. The molecule has 0 aliphatic carbocycles. The molecule has 0 aliphatic heterocycles. The largest absolute Gasteiger partial charge is 0.357 e. The molecule has 8 heteroatoms. The summed E-state index contributed by atoms with van der Waals surface area (Å²) in [4.78, 5) is 6.80. The Hall–Kier alpha value is -2.48. The molecule has 2 aromatic rings. The Kier molecular flexibility index (Phi) is 8.19. The SMILES string of the molecule is CCNC(=NCC(c1ccc(F)cc1)N(C)C)NCCn1cnnc1CC. The summed E-state index contributed by atoms with van der Waals surface area (Å²) in [5.74, 6) is 1.51. The van der Waals surface area contributed by atoms with E-state index >= 15 is 0 Å². The van der Waals surface area contributed by atoms with Gasteiger partial charge in [-0.25, -0.2) is 4.39 Å². The van der Waals surface area contributed by atoms with Gasteiger partial charge in [0.1, 0.15) is 18.0 Å². The summed E-state index contributed by atoms with van der Waals surface area (Å²) in [6.07, 6.45) is 2.61. The van der Waals surface area contributed by atoms with Crippen molar-refractivity contribution >= 4 is 5.96 Å². The highest BCUT2D eigenvalue weighted by Gasteiger charge is 2.14. The maximum atomic E-state index is 13.2. The van der Waals surface area contributed by atoms with Gasteiger partial charge in [0, 0.05) is 26.1 Å². The number of aliphatic imine (C=N–C) groups is 1. The Morgan fingerprint density at radius 1 is 1.22 bits per heavy atom. The van der Waals surface area contributed by atoms with Crippen molar-refractivity contribution in [3.05, 3.63) is 47.8 Å². The molecule has 27 heavy (non-hydrogen) atoms. The molecule has 1 aromatic heterocycles. The third-order valence-corrected chi connectivity index (χ3v) is 4.30. The lowest BCUT2D eigenvalue weighted by Gasteiger charge is -2.23. The minimum absolute atomic E-state index is 0.0746. The average molecular weight is 375 g/mol. The monoisotopic (exact) mass is 375 g/mol. The molecule has 148 valence electrons. The molecule has 2 rings (SSSR count).